The van der Waals surface area contributed by atoms with E-state index in [1.807, 2.05) is 12.1 Å². The molecule has 4 heteroatoms. The van der Waals surface area contributed by atoms with Crippen molar-refractivity contribution in [1.29, 1.82) is 0 Å². The first kappa shape index (κ1) is 13.6. The molecule has 0 bridgehead atoms. The van der Waals surface area contributed by atoms with Crippen molar-refractivity contribution in [1.82, 2.24) is 0 Å². The van der Waals surface area contributed by atoms with E-state index in [0.29, 0.717) is 24.0 Å². The van der Waals surface area contributed by atoms with Crippen molar-refractivity contribution in [3.8, 4) is 0 Å². The van der Waals surface area contributed by atoms with E-state index in [4.69, 9.17) is 5.73 Å². The van der Waals surface area contributed by atoms with Gasteiger partial charge >= 0.3 is 0 Å². The lowest BCUT2D eigenvalue weighted by molar-refractivity contribution is 0.494. The molecule has 0 spiro atoms. The third-order valence-corrected chi connectivity index (χ3v) is 5.73. The minimum Gasteiger partial charge on any atom is -0.330 e. The minimum atomic E-state index is -2.80. The first-order valence-corrected chi connectivity index (χ1v) is 8.34. The fraction of sp³-hybridized carbons (Fsp3) is 0.571. The highest BCUT2D eigenvalue weighted by atomic mass is 32.2. The molecule has 3 nitrogen and oxygen atoms in total. The van der Waals surface area contributed by atoms with Crippen molar-refractivity contribution in [2.75, 3.05) is 18.1 Å². The van der Waals surface area contributed by atoms with E-state index >= 15 is 0 Å². The topological polar surface area (TPSA) is 60.2 Å². The number of sulfone groups is 1. The zero-order valence-electron chi connectivity index (χ0n) is 10.8. The lowest BCUT2D eigenvalue weighted by atomic mass is 9.84. The van der Waals surface area contributed by atoms with Crippen LogP contribution in [0.3, 0.4) is 0 Å². The second kappa shape index (κ2) is 5.41. The normalized spacial score (nSPS) is 24.0. The minimum absolute atomic E-state index is 0.258. The Morgan fingerprint density at radius 3 is 2.72 bits per heavy atom. The van der Waals surface area contributed by atoms with E-state index in [0.717, 1.165) is 12.8 Å². The van der Waals surface area contributed by atoms with Crippen molar-refractivity contribution < 1.29 is 8.42 Å². The summed E-state index contributed by atoms with van der Waals surface area (Å²) < 4.78 is 23.1. The SMILES string of the molecule is CC(c1ccccc1CCN)C1CCS(=O)(=O)C1. The number of hydrogen-bond acceptors (Lipinski definition) is 3. The molecule has 0 aromatic heterocycles. The van der Waals surface area contributed by atoms with E-state index in [-0.39, 0.29) is 5.92 Å². The van der Waals surface area contributed by atoms with Crippen LogP contribution in [0, 0.1) is 5.92 Å². The molecule has 0 amide bonds. The van der Waals surface area contributed by atoms with Crippen molar-refractivity contribution in [3.63, 3.8) is 0 Å². The smallest absolute Gasteiger partial charge is 0.150 e. The molecule has 1 aliphatic rings. The second-order valence-corrected chi connectivity index (χ2v) is 7.42. The van der Waals surface area contributed by atoms with Crippen LogP contribution < -0.4 is 5.73 Å². The quantitative estimate of drug-likeness (QED) is 0.903. The van der Waals surface area contributed by atoms with Gasteiger partial charge in [0, 0.05) is 0 Å². The fourth-order valence-electron chi connectivity index (χ4n) is 2.83. The number of hydrogen-bond donors (Lipinski definition) is 1. The highest BCUT2D eigenvalue weighted by Crippen LogP contribution is 2.34. The van der Waals surface area contributed by atoms with Gasteiger partial charge in [0.2, 0.25) is 0 Å². The van der Waals surface area contributed by atoms with Gasteiger partial charge in [-0.2, -0.15) is 0 Å². The maximum absolute atomic E-state index is 11.6. The molecule has 1 aromatic rings. The largest absolute Gasteiger partial charge is 0.330 e. The average molecular weight is 267 g/mol. The van der Waals surface area contributed by atoms with Gasteiger partial charge in [0.25, 0.3) is 0 Å². The van der Waals surface area contributed by atoms with Crippen LogP contribution in [0.4, 0.5) is 0 Å². The highest BCUT2D eigenvalue weighted by molar-refractivity contribution is 7.91. The van der Waals surface area contributed by atoms with Crippen molar-refractivity contribution in [3.05, 3.63) is 35.4 Å². The maximum Gasteiger partial charge on any atom is 0.150 e. The first-order valence-electron chi connectivity index (χ1n) is 6.52. The molecule has 1 fully saturated rings. The molecular weight excluding hydrogens is 246 g/mol. The highest BCUT2D eigenvalue weighted by Gasteiger charge is 2.32. The fourth-order valence-corrected chi connectivity index (χ4v) is 4.77. The van der Waals surface area contributed by atoms with Gasteiger partial charge in [-0.1, -0.05) is 31.2 Å². The molecule has 1 aromatic carbocycles. The van der Waals surface area contributed by atoms with Crippen LogP contribution in [0.25, 0.3) is 0 Å². The van der Waals surface area contributed by atoms with Gasteiger partial charge in [-0.15, -0.1) is 0 Å². The average Bonchev–Trinajstić information content (AvgIpc) is 2.70. The van der Waals surface area contributed by atoms with Crippen LogP contribution >= 0.6 is 0 Å². The summed E-state index contributed by atoms with van der Waals surface area (Å²) in [4.78, 5) is 0. The Bertz CT molecular complexity index is 510. The Kier molecular flexibility index (Phi) is 4.07. The number of nitrogens with two attached hydrogens (primary N) is 1. The maximum atomic E-state index is 11.6. The molecule has 2 unspecified atom stereocenters. The second-order valence-electron chi connectivity index (χ2n) is 5.19. The summed E-state index contributed by atoms with van der Waals surface area (Å²) in [6, 6.07) is 8.25. The molecule has 1 aliphatic heterocycles. The van der Waals surface area contributed by atoms with Crippen LogP contribution in [0.2, 0.25) is 0 Å². The van der Waals surface area contributed by atoms with Crippen LogP contribution in [0.15, 0.2) is 24.3 Å². The Hall–Kier alpha value is -0.870. The number of rotatable bonds is 4. The summed E-state index contributed by atoms with van der Waals surface area (Å²) in [5, 5.41) is 0. The summed E-state index contributed by atoms with van der Waals surface area (Å²) >= 11 is 0. The van der Waals surface area contributed by atoms with Crippen LogP contribution in [0.1, 0.15) is 30.4 Å². The molecule has 18 heavy (non-hydrogen) atoms. The van der Waals surface area contributed by atoms with Crippen LogP contribution in [-0.2, 0) is 16.3 Å². The first-order chi connectivity index (χ1) is 8.53. The molecule has 0 radical (unpaired) electrons. The third-order valence-electron chi connectivity index (χ3n) is 3.93. The molecule has 100 valence electrons. The molecule has 2 atom stereocenters. The van der Waals surface area contributed by atoms with Gasteiger partial charge in [0.1, 0.15) is 0 Å². The Morgan fingerprint density at radius 2 is 2.11 bits per heavy atom. The van der Waals surface area contributed by atoms with Crippen LogP contribution in [0.5, 0.6) is 0 Å². The summed E-state index contributed by atoms with van der Waals surface area (Å²) in [5.41, 5.74) is 8.16. The lowest BCUT2D eigenvalue weighted by Gasteiger charge is -2.21. The lowest BCUT2D eigenvalue weighted by Crippen LogP contribution is -2.15. The van der Waals surface area contributed by atoms with E-state index in [1.54, 1.807) is 0 Å². The van der Waals surface area contributed by atoms with Crippen molar-refractivity contribution in [2.45, 2.75) is 25.7 Å². The zero-order chi connectivity index (χ0) is 13.2. The molecule has 0 aliphatic carbocycles. The van der Waals surface area contributed by atoms with Gasteiger partial charge in [-0.3, -0.25) is 0 Å². The third kappa shape index (κ3) is 2.93. The van der Waals surface area contributed by atoms with Gasteiger partial charge in [0.05, 0.1) is 11.5 Å². The summed E-state index contributed by atoms with van der Waals surface area (Å²) in [6.07, 6.45) is 1.65. The van der Waals surface area contributed by atoms with Crippen molar-refractivity contribution >= 4 is 9.84 Å². The Morgan fingerprint density at radius 1 is 1.39 bits per heavy atom. The van der Waals surface area contributed by atoms with E-state index in [2.05, 4.69) is 19.1 Å². The standard InChI is InChI=1S/C14H21NO2S/c1-11(13-7-9-18(16,17)10-13)14-5-3-2-4-12(14)6-8-15/h2-5,11,13H,6-10,15H2,1H3. The molecule has 1 heterocycles. The summed E-state index contributed by atoms with van der Waals surface area (Å²) in [5.74, 6) is 1.24. The molecule has 1 saturated heterocycles. The molecule has 2 rings (SSSR count). The monoisotopic (exact) mass is 267 g/mol. The van der Waals surface area contributed by atoms with Gasteiger partial charge in [-0.05, 0) is 42.3 Å². The van der Waals surface area contributed by atoms with Gasteiger partial charge in [0.15, 0.2) is 9.84 Å². The molecular formula is C14H21NO2S. The predicted molar refractivity (Wildman–Crippen MR) is 74.4 cm³/mol. The van der Waals surface area contributed by atoms with Gasteiger partial charge < -0.3 is 5.73 Å². The van der Waals surface area contributed by atoms with E-state index < -0.39 is 9.84 Å². The van der Waals surface area contributed by atoms with E-state index in [1.165, 1.54) is 11.1 Å². The molecule has 0 saturated carbocycles. The van der Waals surface area contributed by atoms with Gasteiger partial charge in [-0.25, -0.2) is 8.42 Å². The zero-order valence-corrected chi connectivity index (χ0v) is 11.6. The summed E-state index contributed by atoms with van der Waals surface area (Å²) in [7, 11) is -2.80. The number of benzene rings is 1. The molecule has 2 N–H and O–H groups in total. The van der Waals surface area contributed by atoms with Crippen LogP contribution in [-0.4, -0.2) is 26.5 Å². The summed E-state index contributed by atoms with van der Waals surface area (Å²) in [6.45, 7) is 2.77. The Labute approximate surface area is 109 Å². The predicted octanol–water partition coefficient (Wildman–Crippen LogP) is 1.73. The van der Waals surface area contributed by atoms with E-state index in [9.17, 15) is 8.42 Å². The Balaban J connectivity index is 2.21. The van der Waals surface area contributed by atoms with Crippen molar-refractivity contribution in [2.24, 2.45) is 11.7 Å².